The number of nitrogens with one attached hydrogen (secondary N) is 1. The predicted molar refractivity (Wildman–Crippen MR) is 144 cm³/mol. The summed E-state index contributed by atoms with van der Waals surface area (Å²) in [7, 11) is 9.25. The van der Waals surface area contributed by atoms with E-state index < -0.39 is 5.91 Å². The number of amides is 1. The minimum atomic E-state index is -0.464. The van der Waals surface area contributed by atoms with E-state index in [1.54, 1.807) is 56.3 Å². The Morgan fingerprint density at radius 3 is 2.00 bits per heavy atom. The normalized spacial score (nSPS) is 10.5. The maximum Gasteiger partial charge on any atom is 0.291 e. The smallest absolute Gasteiger partial charge is 0.291 e. The van der Waals surface area contributed by atoms with Crippen molar-refractivity contribution in [3.63, 3.8) is 0 Å². The van der Waals surface area contributed by atoms with Gasteiger partial charge in [-0.2, -0.15) is 0 Å². The molecule has 1 aromatic heterocycles. The molecule has 11 heteroatoms. The van der Waals surface area contributed by atoms with E-state index >= 15 is 0 Å². The van der Waals surface area contributed by atoms with E-state index in [0.29, 0.717) is 51.6 Å². The highest BCUT2D eigenvalue weighted by Crippen LogP contribution is 2.41. The number of ether oxygens (including phenoxy) is 6. The molecule has 0 spiro atoms. The van der Waals surface area contributed by atoms with Crippen molar-refractivity contribution < 1.29 is 33.2 Å². The van der Waals surface area contributed by atoms with Crippen molar-refractivity contribution in [3.05, 3.63) is 66.0 Å². The van der Waals surface area contributed by atoms with Crippen LogP contribution in [0.15, 0.2) is 54.6 Å². The monoisotopic (exact) mass is 534 g/mol. The van der Waals surface area contributed by atoms with Crippen molar-refractivity contribution in [1.29, 1.82) is 0 Å². The van der Waals surface area contributed by atoms with E-state index in [-0.39, 0.29) is 12.4 Å². The van der Waals surface area contributed by atoms with Gasteiger partial charge in [0.2, 0.25) is 11.6 Å². The van der Waals surface area contributed by atoms with Gasteiger partial charge in [-0.05, 0) is 30.3 Å². The molecule has 0 saturated carbocycles. The van der Waals surface area contributed by atoms with Crippen LogP contribution >= 0.6 is 0 Å². The minimum absolute atomic E-state index is 0.0385. The number of carbonyl (C=O) groups excluding carboxylic acids is 1. The summed E-state index contributed by atoms with van der Waals surface area (Å²) < 4.78 is 34.3. The molecular weight excluding hydrogens is 504 g/mol. The molecule has 0 atom stereocenters. The van der Waals surface area contributed by atoms with Gasteiger partial charge in [-0.15, -0.1) is 5.10 Å². The Balaban J connectivity index is 1.81. The zero-order chi connectivity index (χ0) is 27.9. The fourth-order valence-corrected chi connectivity index (χ4v) is 4.05. The second-order valence-corrected chi connectivity index (χ2v) is 8.12. The maximum absolute atomic E-state index is 13.2. The van der Waals surface area contributed by atoms with Gasteiger partial charge in [0.25, 0.3) is 5.91 Å². The third kappa shape index (κ3) is 5.52. The third-order valence-corrected chi connectivity index (χ3v) is 5.98. The van der Waals surface area contributed by atoms with Gasteiger partial charge in [-0.3, -0.25) is 4.79 Å². The van der Waals surface area contributed by atoms with Crippen molar-refractivity contribution in [2.45, 2.75) is 6.54 Å². The van der Waals surface area contributed by atoms with Crippen molar-refractivity contribution in [2.75, 3.05) is 42.7 Å². The first-order valence-corrected chi connectivity index (χ1v) is 11.9. The second kappa shape index (κ2) is 12.1. The minimum Gasteiger partial charge on any atom is -0.496 e. The maximum atomic E-state index is 13.2. The summed E-state index contributed by atoms with van der Waals surface area (Å²) in [5, 5.41) is 7.42. The number of methoxy groups -OCH3 is 6. The molecule has 0 aliphatic rings. The summed E-state index contributed by atoms with van der Waals surface area (Å²) in [5.41, 5.74) is 1.99. The summed E-state index contributed by atoms with van der Waals surface area (Å²) in [5.74, 6) is 2.84. The highest BCUT2D eigenvalue weighted by molar-refractivity contribution is 5.91. The van der Waals surface area contributed by atoms with Crippen LogP contribution in [0.3, 0.4) is 0 Å². The molecule has 39 heavy (non-hydrogen) atoms. The summed E-state index contributed by atoms with van der Waals surface area (Å²) >= 11 is 0. The van der Waals surface area contributed by atoms with Gasteiger partial charge in [0.1, 0.15) is 5.75 Å². The number of para-hydroxylation sites is 1. The summed E-state index contributed by atoms with van der Waals surface area (Å²) in [6.45, 7) is 0.229. The van der Waals surface area contributed by atoms with E-state index in [1.165, 1.54) is 21.3 Å². The molecule has 204 valence electrons. The number of rotatable bonds is 11. The number of benzene rings is 3. The van der Waals surface area contributed by atoms with Crippen LogP contribution in [0.25, 0.3) is 17.1 Å². The van der Waals surface area contributed by atoms with Crippen LogP contribution in [0.2, 0.25) is 0 Å². The largest absolute Gasteiger partial charge is 0.496 e. The van der Waals surface area contributed by atoms with Gasteiger partial charge in [0, 0.05) is 23.7 Å². The van der Waals surface area contributed by atoms with Gasteiger partial charge in [0.05, 0.1) is 48.3 Å². The highest BCUT2D eigenvalue weighted by Gasteiger charge is 2.23. The zero-order valence-electron chi connectivity index (χ0n) is 22.6. The number of hydrogen-bond acceptors (Lipinski definition) is 9. The Morgan fingerprint density at radius 1 is 0.744 bits per heavy atom. The molecule has 11 nitrogen and oxygen atoms in total. The van der Waals surface area contributed by atoms with Gasteiger partial charge in [0.15, 0.2) is 28.8 Å². The van der Waals surface area contributed by atoms with Crippen LogP contribution < -0.4 is 33.7 Å². The highest BCUT2D eigenvalue weighted by atomic mass is 16.5. The lowest BCUT2D eigenvalue weighted by Crippen LogP contribution is -2.24. The fourth-order valence-electron chi connectivity index (χ4n) is 4.05. The van der Waals surface area contributed by atoms with Gasteiger partial charge < -0.3 is 33.7 Å². The number of nitrogens with zero attached hydrogens (tertiary/aromatic N) is 3. The molecule has 1 amide bonds. The lowest BCUT2D eigenvalue weighted by molar-refractivity contribution is 0.0940. The van der Waals surface area contributed by atoms with Gasteiger partial charge >= 0.3 is 0 Å². The molecule has 1 N–H and O–H groups in total. The van der Waals surface area contributed by atoms with Crippen molar-refractivity contribution >= 4 is 5.91 Å². The van der Waals surface area contributed by atoms with Crippen LogP contribution in [0.4, 0.5) is 0 Å². The lowest BCUT2D eigenvalue weighted by atomic mass is 10.1. The fraction of sp³-hybridized carbons (Fsp3) is 0.250. The molecule has 0 fully saturated rings. The summed E-state index contributed by atoms with van der Waals surface area (Å²) in [4.78, 5) is 17.8. The first-order valence-electron chi connectivity index (χ1n) is 11.9. The topological polar surface area (TPSA) is 115 Å². The molecule has 0 bridgehead atoms. The van der Waals surface area contributed by atoms with Crippen LogP contribution in [-0.4, -0.2) is 63.3 Å². The Labute approximate surface area is 226 Å². The van der Waals surface area contributed by atoms with Crippen molar-refractivity contribution in [1.82, 2.24) is 20.1 Å². The van der Waals surface area contributed by atoms with Crippen molar-refractivity contribution in [2.24, 2.45) is 0 Å². The van der Waals surface area contributed by atoms with Gasteiger partial charge in [-0.25, -0.2) is 9.67 Å². The third-order valence-electron chi connectivity index (χ3n) is 5.98. The summed E-state index contributed by atoms with van der Waals surface area (Å²) in [6.07, 6.45) is 0. The lowest BCUT2D eigenvalue weighted by Gasteiger charge is -2.15. The molecule has 0 unspecified atom stereocenters. The molecule has 0 aliphatic heterocycles. The summed E-state index contributed by atoms with van der Waals surface area (Å²) in [6, 6.07) is 16.2. The number of aromatic nitrogens is 3. The van der Waals surface area contributed by atoms with Crippen molar-refractivity contribution in [3.8, 4) is 51.6 Å². The van der Waals surface area contributed by atoms with Crippen LogP contribution in [0.1, 0.15) is 16.2 Å². The molecule has 4 rings (SSSR count). The average molecular weight is 535 g/mol. The van der Waals surface area contributed by atoms with E-state index in [9.17, 15) is 4.79 Å². The molecule has 3 aromatic carbocycles. The van der Waals surface area contributed by atoms with E-state index in [4.69, 9.17) is 28.4 Å². The Bertz CT molecular complexity index is 1440. The zero-order valence-corrected chi connectivity index (χ0v) is 22.6. The SMILES string of the molecule is COc1ccccc1CNC(=O)c1nc(-c2cc(OC)c(OC)c(OC)c2)n(-c2ccc(OC)c(OC)c2)n1. The first kappa shape index (κ1) is 27.1. The van der Waals surface area contributed by atoms with Crippen LogP contribution in [0.5, 0.6) is 34.5 Å². The quantitative estimate of drug-likeness (QED) is 0.306. The molecular formula is C28H30N4O7. The Morgan fingerprint density at radius 2 is 1.38 bits per heavy atom. The number of carbonyl (C=O) groups is 1. The second-order valence-electron chi connectivity index (χ2n) is 8.12. The number of hydrogen-bond donors (Lipinski definition) is 1. The average Bonchev–Trinajstić information content (AvgIpc) is 3.44. The molecule has 0 saturated heterocycles. The predicted octanol–water partition coefficient (Wildman–Crippen LogP) is 3.92. The van der Waals surface area contributed by atoms with Crippen LogP contribution in [-0.2, 0) is 6.54 Å². The Hall–Kier alpha value is -4.93. The van der Waals surface area contributed by atoms with E-state index in [0.717, 1.165) is 5.56 Å². The van der Waals surface area contributed by atoms with Gasteiger partial charge in [-0.1, -0.05) is 18.2 Å². The molecule has 4 aromatic rings. The van der Waals surface area contributed by atoms with Crippen LogP contribution in [0, 0.1) is 0 Å². The first-order chi connectivity index (χ1) is 19.0. The molecule has 0 aliphatic carbocycles. The standard InChI is InChI=1S/C28H30N4O7/c1-34-20-10-8-7-9-17(20)16-29-28(33)26-30-27(18-13-23(37-4)25(39-6)24(14-18)38-5)32(31-26)19-11-12-21(35-2)22(15-19)36-3/h7-15H,16H2,1-6H3,(H,29,33). The van der Waals surface area contributed by atoms with E-state index in [2.05, 4.69) is 15.4 Å². The molecule has 1 heterocycles. The molecule has 0 radical (unpaired) electrons. The Kier molecular flexibility index (Phi) is 8.40. The van der Waals surface area contributed by atoms with E-state index in [1.807, 2.05) is 24.3 Å².